The molecule has 1 unspecified atom stereocenters. The van der Waals surface area contributed by atoms with Gasteiger partial charge in [0.15, 0.2) is 0 Å². The molecule has 2 rings (SSSR count). The molecule has 1 heterocycles. The van der Waals surface area contributed by atoms with Crippen LogP contribution >= 0.6 is 27.3 Å². The first-order valence-electron chi connectivity index (χ1n) is 4.76. The van der Waals surface area contributed by atoms with E-state index in [1.54, 1.807) is 11.3 Å². The van der Waals surface area contributed by atoms with Crippen LogP contribution in [0.5, 0.6) is 0 Å². The number of hydrogen-bond donors (Lipinski definition) is 2. The molecule has 1 atom stereocenters. The standard InChI is InChI=1S/C10H12BrNO2S/c1-12-8(6-2-3-7(11)15-6)10(4-5-10)9(13)14/h2-3,8,12H,4-5H2,1H3,(H,13,14). The number of nitrogens with one attached hydrogen (secondary N) is 1. The second-order valence-electron chi connectivity index (χ2n) is 3.82. The summed E-state index contributed by atoms with van der Waals surface area (Å²) in [5.41, 5.74) is -0.570. The van der Waals surface area contributed by atoms with Crippen LogP contribution in [0.25, 0.3) is 0 Å². The molecule has 0 amide bonds. The van der Waals surface area contributed by atoms with Crippen LogP contribution in [0.1, 0.15) is 23.8 Å². The number of carboxylic acids is 1. The van der Waals surface area contributed by atoms with E-state index in [1.165, 1.54) is 0 Å². The largest absolute Gasteiger partial charge is 0.481 e. The molecule has 5 heteroatoms. The van der Waals surface area contributed by atoms with Crippen LogP contribution in [-0.4, -0.2) is 18.1 Å². The molecule has 1 aromatic heterocycles. The van der Waals surface area contributed by atoms with E-state index in [9.17, 15) is 9.90 Å². The summed E-state index contributed by atoms with van der Waals surface area (Å²) in [7, 11) is 1.82. The molecule has 1 fully saturated rings. The lowest BCUT2D eigenvalue weighted by Gasteiger charge is -2.21. The van der Waals surface area contributed by atoms with Gasteiger partial charge in [-0.05, 0) is 48.0 Å². The van der Waals surface area contributed by atoms with Crippen molar-refractivity contribution in [2.24, 2.45) is 5.41 Å². The highest BCUT2D eigenvalue weighted by molar-refractivity contribution is 9.11. The first kappa shape index (κ1) is 11.1. The molecular weight excluding hydrogens is 278 g/mol. The number of carbonyl (C=O) groups is 1. The molecule has 1 aliphatic carbocycles. The molecule has 0 saturated heterocycles. The molecule has 0 aliphatic heterocycles. The Bertz CT molecular complexity index is 387. The number of carboxylic acid groups (broad SMARTS) is 1. The van der Waals surface area contributed by atoms with Gasteiger partial charge in [-0.2, -0.15) is 0 Å². The molecule has 2 N–H and O–H groups in total. The van der Waals surface area contributed by atoms with Crippen molar-refractivity contribution >= 4 is 33.2 Å². The van der Waals surface area contributed by atoms with Gasteiger partial charge in [-0.3, -0.25) is 4.79 Å². The Morgan fingerprint density at radius 1 is 1.67 bits per heavy atom. The molecule has 0 aromatic carbocycles. The van der Waals surface area contributed by atoms with Gasteiger partial charge in [0.1, 0.15) is 0 Å². The van der Waals surface area contributed by atoms with E-state index >= 15 is 0 Å². The van der Waals surface area contributed by atoms with Crippen molar-refractivity contribution in [3.8, 4) is 0 Å². The van der Waals surface area contributed by atoms with Crippen LogP contribution in [0.15, 0.2) is 15.9 Å². The van der Waals surface area contributed by atoms with Crippen molar-refractivity contribution in [3.05, 3.63) is 20.8 Å². The zero-order chi connectivity index (χ0) is 11.1. The smallest absolute Gasteiger partial charge is 0.311 e. The van der Waals surface area contributed by atoms with Crippen molar-refractivity contribution in [2.75, 3.05) is 7.05 Å². The second-order valence-corrected chi connectivity index (χ2v) is 6.32. The Morgan fingerprint density at radius 3 is 2.67 bits per heavy atom. The molecule has 0 radical (unpaired) electrons. The van der Waals surface area contributed by atoms with Crippen molar-refractivity contribution < 1.29 is 9.90 Å². The Hall–Kier alpha value is -0.390. The van der Waals surface area contributed by atoms with Crippen LogP contribution < -0.4 is 5.32 Å². The van der Waals surface area contributed by atoms with Gasteiger partial charge in [-0.15, -0.1) is 11.3 Å². The molecule has 1 aromatic rings. The van der Waals surface area contributed by atoms with E-state index in [1.807, 2.05) is 19.2 Å². The predicted molar refractivity (Wildman–Crippen MR) is 63.1 cm³/mol. The summed E-state index contributed by atoms with van der Waals surface area (Å²) >= 11 is 4.99. The Morgan fingerprint density at radius 2 is 2.33 bits per heavy atom. The summed E-state index contributed by atoms with van der Waals surface area (Å²) in [6, 6.07) is 3.88. The maximum Gasteiger partial charge on any atom is 0.311 e. The minimum Gasteiger partial charge on any atom is -0.481 e. The fourth-order valence-electron chi connectivity index (χ4n) is 1.93. The molecule has 0 spiro atoms. The Kier molecular flexibility index (Phi) is 2.87. The van der Waals surface area contributed by atoms with Crippen LogP contribution in [0.3, 0.4) is 0 Å². The third kappa shape index (κ3) is 1.84. The molecule has 1 aliphatic rings. The summed E-state index contributed by atoms with van der Waals surface area (Å²) < 4.78 is 1.04. The summed E-state index contributed by atoms with van der Waals surface area (Å²) in [5.74, 6) is -0.689. The summed E-state index contributed by atoms with van der Waals surface area (Å²) in [6.45, 7) is 0. The van der Waals surface area contributed by atoms with Crippen LogP contribution in [0.4, 0.5) is 0 Å². The first-order chi connectivity index (χ1) is 7.10. The number of rotatable bonds is 4. The monoisotopic (exact) mass is 289 g/mol. The normalized spacial score (nSPS) is 19.9. The summed E-state index contributed by atoms with van der Waals surface area (Å²) in [6.07, 6.45) is 1.53. The van der Waals surface area contributed by atoms with Gasteiger partial charge in [-0.25, -0.2) is 0 Å². The van der Waals surface area contributed by atoms with Crippen molar-refractivity contribution in [1.82, 2.24) is 5.32 Å². The zero-order valence-electron chi connectivity index (χ0n) is 8.29. The molecule has 15 heavy (non-hydrogen) atoms. The van der Waals surface area contributed by atoms with Gasteiger partial charge < -0.3 is 10.4 Å². The highest BCUT2D eigenvalue weighted by Gasteiger charge is 2.56. The Balaban J connectivity index is 2.29. The van der Waals surface area contributed by atoms with E-state index in [0.717, 1.165) is 21.5 Å². The third-order valence-corrected chi connectivity index (χ3v) is 4.62. The number of hydrogen-bond acceptors (Lipinski definition) is 3. The van der Waals surface area contributed by atoms with Gasteiger partial charge in [0.05, 0.1) is 15.2 Å². The second kappa shape index (κ2) is 3.88. The molecule has 3 nitrogen and oxygen atoms in total. The molecule has 1 saturated carbocycles. The van der Waals surface area contributed by atoms with E-state index in [0.29, 0.717) is 0 Å². The highest BCUT2D eigenvalue weighted by atomic mass is 79.9. The zero-order valence-corrected chi connectivity index (χ0v) is 10.7. The molecule has 0 bridgehead atoms. The van der Waals surface area contributed by atoms with Crippen LogP contribution in [0.2, 0.25) is 0 Å². The van der Waals surface area contributed by atoms with Gasteiger partial charge in [0.25, 0.3) is 0 Å². The predicted octanol–water partition coefficient (Wildman–Crippen LogP) is 2.64. The minimum atomic E-state index is -0.689. The Labute approximate surface area is 101 Å². The highest BCUT2D eigenvalue weighted by Crippen LogP contribution is 2.56. The average molecular weight is 290 g/mol. The maximum atomic E-state index is 11.2. The van der Waals surface area contributed by atoms with Gasteiger partial charge in [0.2, 0.25) is 0 Å². The van der Waals surface area contributed by atoms with E-state index < -0.39 is 11.4 Å². The van der Waals surface area contributed by atoms with Crippen molar-refractivity contribution in [3.63, 3.8) is 0 Å². The molecule has 82 valence electrons. The van der Waals surface area contributed by atoms with E-state index in [4.69, 9.17) is 0 Å². The van der Waals surface area contributed by atoms with Crippen LogP contribution in [-0.2, 0) is 4.79 Å². The lowest BCUT2D eigenvalue weighted by atomic mass is 9.95. The fraction of sp³-hybridized carbons (Fsp3) is 0.500. The fourth-order valence-corrected chi connectivity index (χ4v) is 3.59. The van der Waals surface area contributed by atoms with Gasteiger partial charge in [-0.1, -0.05) is 0 Å². The quantitative estimate of drug-likeness (QED) is 0.896. The number of aliphatic carboxylic acids is 1. The van der Waals surface area contributed by atoms with E-state index in [2.05, 4.69) is 21.2 Å². The van der Waals surface area contributed by atoms with Crippen molar-refractivity contribution in [2.45, 2.75) is 18.9 Å². The number of halogens is 1. The summed E-state index contributed by atoms with van der Waals surface area (Å²) in [4.78, 5) is 12.3. The van der Waals surface area contributed by atoms with Crippen LogP contribution in [0, 0.1) is 5.41 Å². The van der Waals surface area contributed by atoms with Gasteiger partial charge in [0, 0.05) is 4.88 Å². The number of thiophene rings is 1. The summed E-state index contributed by atoms with van der Waals surface area (Å²) in [5, 5.41) is 12.4. The lowest BCUT2D eigenvalue weighted by Crippen LogP contribution is -2.31. The SMILES string of the molecule is CNC(c1ccc(Br)s1)C1(C(=O)O)CC1. The minimum absolute atomic E-state index is 0.0636. The lowest BCUT2D eigenvalue weighted by molar-refractivity contribution is -0.144. The molecular formula is C10H12BrNO2S. The third-order valence-electron chi connectivity index (χ3n) is 2.93. The van der Waals surface area contributed by atoms with Crippen molar-refractivity contribution in [1.29, 1.82) is 0 Å². The average Bonchev–Trinajstić information content (AvgIpc) is 2.87. The first-order valence-corrected chi connectivity index (χ1v) is 6.37. The maximum absolute atomic E-state index is 11.2. The van der Waals surface area contributed by atoms with E-state index in [-0.39, 0.29) is 6.04 Å². The van der Waals surface area contributed by atoms with Gasteiger partial charge >= 0.3 is 5.97 Å². The topological polar surface area (TPSA) is 49.3 Å².